The van der Waals surface area contributed by atoms with Crippen molar-refractivity contribution in [2.24, 2.45) is 5.92 Å². The van der Waals surface area contributed by atoms with Gasteiger partial charge in [-0.3, -0.25) is 0 Å². The van der Waals surface area contributed by atoms with Gasteiger partial charge in [-0.15, -0.1) is 0 Å². The summed E-state index contributed by atoms with van der Waals surface area (Å²) in [6, 6.07) is 0. The highest BCUT2D eigenvalue weighted by Gasteiger charge is 2.20. The molecule has 0 radical (unpaired) electrons. The van der Waals surface area contributed by atoms with Crippen LogP contribution in [0.5, 0.6) is 0 Å². The summed E-state index contributed by atoms with van der Waals surface area (Å²) < 4.78 is 5.69. The molecule has 0 heterocycles. The Bertz CT molecular complexity index is 159. The number of methoxy groups -OCH3 is 1. The second kappa shape index (κ2) is 5.07. The summed E-state index contributed by atoms with van der Waals surface area (Å²) in [6.45, 7) is 2.32. The van der Waals surface area contributed by atoms with Crippen molar-refractivity contribution in [3.63, 3.8) is 0 Å². The molecule has 0 spiro atoms. The predicted octanol–water partition coefficient (Wildman–Crippen LogP) is 3.23. The van der Waals surface area contributed by atoms with Gasteiger partial charge in [-0.1, -0.05) is 31.5 Å². The number of hydrogen-bond acceptors (Lipinski definition) is 3. The third-order valence-corrected chi connectivity index (χ3v) is 3.89. The van der Waals surface area contributed by atoms with Crippen LogP contribution in [0.4, 0.5) is 0 Å². The van der Waals surface area contributed by atoms with Crippen LogP contribution in [0, 0.1) is 5.92 Å². The molecule has 12 heavy (non-hydrogen) atoms. The third kappa shape index (κ3) is 3.31. The minimum absolute atomic E-state index is 0.703. The molecule has 2 atom stereocenters. The van der Waals surface area contributed by atoms with Gasteiger partial charge >= 0.3 is 0 Å². The van der Waals surface area contributed by atoms with E-state index in [1.807, 2.05) is 0 Å². The van der Waals surface area contributed by atoms with Crippen molar-refractivity contribution < 1.29 is 4.74 Å². The minimum atomic E-state index is 0.703. The van der Waals surface area contributed by atoms with Crippen molar-refractivity contribution in [1.29, 1.82) is 0 Å². The van der Waals surface area contributed by atoms with E-state index in [0.717, 1.165) is 5.92 Å². The number of hydrogen-bond donors (Lipinski definition) is 0. The minimum Gasteiger partial charge on any atom is -0.482 e. The SMILES string of the molecule is COC(=S)SC1CCCC(C)C1. The van der Waals surface area contributed by atoms with Gasteiger partial charge in [-0.2, -0.15) is 0 Å². The van der Waals surface area contributed by atoms with Crippen molar-refractivity contribution in [2.75, 3.05) is 7.11 Å². The van der Waals surface area contributed by atoms with Crippen molar-refractivity contribution in [1.82, 2.24) is 0 Å². The third-order valence-electron chi connectivity index (χ3n) is 2.32. The Hall–Kier alpha value is 0.240. The van der Waals surface area contributed by atoms with Gasteiger partial charge in [0.2, 0.25) is 4.38 Å². The van der Waals surface area contributed by atoms with Crippen LogP contribution in [0.3, 0.4) is 0 Å². The van der Waals surface area contributed by atoms with Crippen LogP contribution in [-0.4, -0.2) is 16.7 Å². The van der Waals surface area contributed by atoms with Crippen molar-refractivity contribution >= 4 is 28.4 Å². The molecule has 0 bridgehead atoms. The van der Waals surface area contributed by atoms with Gasteiger partial charge < -0.3 is 4.74 Å². The molecule has 3 heteroatoms. The topological polar surface area (TPSA) is 9.23 Å². The molecule has 0 aliphatic heterocycles. The molecule has 0 N–H and O–H groups in total. The second-order valence-corrected chi connectivity index (χ2v) is 5.37. The molecule has 0 aromatic carbocycles. The van der Waals surface area contributed by atoms with Crippen LogP contribution >= 0.6 is 24.0 Å². The van der Waals surface area contributed by atoms with E-state index in [0.29, 0.717) is 9.63 Å². The summed E-state index contributed by atoms with van der Waals surface area (Å²) in [6.07, 6.45) is 5.34. The van der Waals surface area contributed by atoms with Gasteiger partial charge in [0.25, 0.3) is 0 Å². The van der Waals surface area contributed by atoms with Gasteiger partial charge in [0, 0.05) is 5.25 Å². The summed E-state index contributed by atoms with van der Waals surface area (Å²) >= 11 is 6.75. The Morgan fingerprint density at radius 3 is 2.83 bits per heavy atom. The van der Waals surface area contributed by atoms with Crippen LogP contribution in [0.15, 0.2) is 0 Å². The van der Waals surface area contributed by atoms with E-state index in [2.05, 4.69) is 6.92 Å². The lowest BCUT2D eigenvalue weighted by Crippen LogP contribution is -2.16. The molecule has 1 nitrogen and oxygen atoms in total. The van der Waals surface area contributed by atoms with Crippen molar-refractivity contribution in [3.05, 3.63) is 0 Å². The highest BCUT2D eigenvalue weighted by molar-refractivity contribution is 8.23. The maximum Gasteiger partial charge on any atom is 0.219 e. The Morgan fingerprint density at radius 2 is 2.25 bits per heavy atom. The van der Waals surface area contributed by atoms with E-state index in [4.69, 9.17) is 17.0 Å². The molecule has 0 aromatic heterocycles. The molecule has 2 unspecified atom stereocenters. The lowest BCUT2D eigenvalue weighted by atomic mass is 9.91. The average Bonchev–Trinajstić information content (AvgIpc) is 2.04. The molecule has 0 amide bonds. The molecule has 1 aliphatic carbocycles. The van der Waals surface area contributed by atoms with Crippen LogP contribution in [0.1, 0.15) is 32.6 Å². The Morgan fingerprint density at radius 1 is 1.50 bits per heavy atom. The molecule has 1 aliphatic rings. The number of rotatable bonds is 1. The molecule has 1 rings (SSSR count). The Kier molecular flexibility index (Phi) is 4.36. The summed E-state index contributed by atoms with van der Waals surface area (Å²) in [7, 11) is 1.65. The smallest absolute Gasteiger partial charge is 0.219 e. The zero-order valence-corrected chi connectivity index (χ0v) is 9.34. The van der Waals surface area contributed by atoms with Crippen molar-refractivity contribution in [3.8, 4) is 0 Å². The first-order valence-electron chi connectivity index (χ1n) is 4.47. The standard InChI is InChI=1S/C9H16OS2/c1-7-4-3-5-8(6-7)12-9(11)10-2/h7-8H,3-6H2,1-2H3. The summed E-state index contributed by atoms with van der Waals surface area (Å²) in [5, 5.41) is 0.709. The fourth-order valence-corrected chi connectivity index (χ4v) is 3.16. The lowest BCUT2D eigenvalue weighted by molar-refractivity contribution is 0.392. The van der Waals surface area contributed by atoms with Crippen LogP contribution in [0.25, 0.3) is 0 Å². The van der Waals surface area contributed by atoms with Gasteiger partial charge in [0.1, 0.15) is 0 Å². The fourth-order valence-electron chi connectivity index (χ4n) is 1.67. The molecule has 70 valence electrons. The van der Waals surface area contributed by atoms with Gasteiger partial charge in [-0.05, 0) is 31.0 Å². The average molecular weight is 204 g/mol. The fraction of sp³-hybridized carbons (Fsp3) is 0.889. The van der Waals surface area contributed by atoms with E-state index in [9.17, 15) is 0 Å². The molecule has 1 fully saturated rings. The lowest BCUT2D eigenvalue weighted by Gasteiger charge is -2.25. The number of thioether (sulfide) groups is 1. The molecule has 0 saturated heterocycles. The van der Waals surface area contributed by atoms with E-state index in [1.165, 1.54) is 25.7 Å². The highest BCUT2D eigenvalue weighted by atomic mass is 32.2. The molecular weight excluding hydrogens is 188 g/mol. The highest BCUT2D eigenvalue weighted by Crippen LogP contribution is 2.32. The van der Waals surface area contributed by atoms with Crippen molar-refractivity contribution in [2.45, 2.75) is 37.9 Å². The Labute approximate surface area is 84.2 Å². The van der Waals surface area contributed by atoms with E-state index >= 15 is 0 Å². The zero-order chi connectivity index (χ0) is 8.97. The van der Waals surface area contributed by atoms with Crippen LogP contribution < -0.4 is 0 Å². The zero-order valence-electron chi connectivity index (χ0n) is 7.71. The predicted molar refractivity (Wildman–Crippen MR) is 58.6 cm³/mol. The van der Waals surface area contributed by atoms with Crippen LogP contribution in [0.2, 0.25) is 0 Å². The van der Waals surface area contributed by atoms with Gasteiger partial charge in [0.15, 0.2) is 0 Å². The summed E-state index contributed by atoms with van der Waals surface area (Å²) in [5.41, 5.74) is 0. The number of thiocarbonyl (C=S) groups is 1. The van der Waals surface area contributed by atoms with E-state index in [-0.39, 0.29) is 0 Å². The van der Waals surface area contributed by atoms with Gasteiger partial charge in [-0.25, -0.2) is 0 Å². The second-order valence-electron chi connectivity index (χ2n) is 3.47. The van der Waals surface area contributed by atoms with Crippen LogP contribution in [-0.2, 0) is 4.74 Å². The van der Waals surface area contributed by atoms with E-state index < -0.39 is 0 Å². The summed E-state index contributed by atoms with van der Waals surface area (Å²) in [4.78, 5) is 0. The molecular formula is C9H16OS2. The Balaban J connectivity index is 2.27. The maximum atomic E-state index is 5.02. The normalized spacial score (nSPS) is 29.8. The van der Waals surface area contributed by atoms with E-state index in [1.54, 1.807) is 18.9 Å². The first-order chi connectivity index (χ1) is 5.72. The van der Waals surface area contributed by atoms with Gasteiger partial charge in [0.05, 0.1) is 7.11 Å². The number of ether oxygens (including phenoxy) is 1. The maximum absolute atomic E-state index is 5.02. The first-order valence-corrected chi connectivity index (χ1v) is 5.75. The summed E-state index contributed by atoms with van der Waals surface area (Å²) in [5.74, 6) is 0.871. The quantitative estimate of drug-likeness (QED) is 0.607. The first kappa shape index (κ1) is 10.3. The monoisotopic (exact) mass is 204 g/mol. The largest absolute Gasteiger partial charge is 0.482 e. The molecule has 1 saturated carbocycles. The molecule has 0 aromatic rings.